The van der Waals surface area contributed by atoms with Gasteiger partial charge in [-0.3, -0.25) is 14.9 Å². The van der Waals surface area contributed by atoms with E-state index >= 15 is 0 Å². The van der Waals surface area contributed by atoms with Gasteiger partial charge in [-0.15, -0.1) is 10.2 Å². The number of anilines is 2. The Bertz CT molecular complexity index is 1350. The van der Waals surface area contributed by atoms with E-state index in [-0.39, 0.29) is 17.2 Å². The molecule has 186 valence electrons. The minimum atomic E-state index is -0.434. The highest BCUT2D eigenvalue weighted by atomic mass is 35.5. The van der Waals surface area contributed by atoms with Crippen molar-refractivity contribution in [1.82, 2.24) is 15.4 Å². The van der Waals surface area contributed by atoms with Crippen molar-refractivity contribution in [2.75, 3.05) is 16.4 Å². The number of thioether (sulfide) groups is 1. The van der Waals surface area contributed by atoms with Crippen LogP contribution in [0.3, 0.4) is 0 Å². The molecule has 36 heavy (non-hydrogen) atoms. The largest absolute Gasteiger partial charge is 0.360 e. The zero-order valence-electron chi connectivity index (χ0n) is 19.7. The summed E-state index contributed by atoms with van der Waals surface area (Å²) in [6.07, 6.45) is 3.33. The van der Waals surface area contributed by atoms with E-state index in [1.54, 1.807) is 31.2 Å². The van der Waals surface area contributed by atoms with Crippen molar-refractivity contribution >= 4 is 57.3 Å². The average Bonchev–Trinajstić information content (AvgIpc) is 3.48. The van der Waals surface area contributed by atoms with Crippen LogP contribution in [0.4, 0.5) is 10.8 Å². The second-order valence-electron chi connectivity index (χ2n) is 7.91. The van der Waals surface area contributed by atoms with Gasteiger partial charge in [0.15, 0.2) is 4.34 Å². The number of unbranched alkanes of at least 4 members (excludes halogenated alkanes) is 1. The van der Waals surface area contributed by atoms with Crippen LogP contribution in [-0.2, 0) is 11.2 Å². The number of halogens is 1. The van der Waals surface area contributed by atoms with E-state index in [4.69, 9.17) is 16.1 Å². The van der Waals surface area contributed by atoms with Gasteiger partial charge in [0.1, 0.15) is 17.0 Å². The summed E-state index contributed by atoms with van der Waals surface area (Å²) in [6, 6.07) is 15.0. The van der Waals surface area contributed by atoms with Gasteiger partial charge in [0.2, 0.25) is 11.0 Å². The molecule has 0 fully saturated rings. The lowest BCUT2D eigenvalue weighted by molar-refractivity contribution is -0.113. The molecule has 0 aliphatic rings. The summed E-state index contributed by atoms with van der Waals surface area (Å²) >= 11 is 8.70. The number of aryl methyl sites for hydroxylation is 2. The van der Waals surface area contributed by atoms with Crippen LogP contribution in [-0.4, -0.2) is 32.9 Å². The van der Waals surface area contributed by atoms with E-state index in [1.165, 1.54) is 28.7 Å². The highest BCUT2D eigenvalue weighted by molar-refractivity contribution is 8.01. The molecule has 0 bridgehead atoms. The zero-order valence-corrected chi connectivity index (χ0v) is 22.1. The maximum atomic E-state index is 13.0. The van der Waals surface area contributed by atoms with Crippen LogP contribution in [0.25, 0.3) is 11.3 Å². The van der Waals surface area contributed by atoms with E-state index in [0.29, 0.717) is 31.5 Å². The number of carbonyl (C=O) groups excluding carboxylic acids is 2. The third-order valence-electron chi connectivity index (χ3n) is 5.23. The van der Waals surface area contributed by atoms with Crippen LogP contribution >= 0.6 is 34.7 Å². The number of amides is 2. The first-order valence-corrected chi connectivity index (χ1v) is 13.5. The Morgan fingerprint density at radius 3 is 2.61 bits per heavy atom. The molecular formula is C25H24ClN5O3S2. The van der Waals surface area contributed by atoms with Crippen LogP contribution in [0, 0.1) is 6.92 Å². The third kappa shape index (κ3) is 6.51. The number of benzene rings is 2. The van der Waals surface area contributed by atoms with Crippen LogP contribution in [0.2, 0.25) is 5.02 Å². The van der Waals surface area contributed by atoms with Crippen molar-refractivity contribution in [1.29, 1.82) is 0 Å². The predicted octanol–water partition coefficient (Wildman–Crippen LogP) is 6.48. The molecule has 0 aliphatic carbocycles. The standard InChI is InChI=1S/C25H24ClN5O3S2/c1-3-4-7-16-10-12-17(13-11-16)27-20(32)14-35-25-30-29-24(36-25)28-23(33)21-15(2)34-31-22(21)18-8-5-6-9-19(18)26/h5-6,8-13H,3-4,7,14H2,1-2H3,(H,27,32)(H,28,29,33). The SMILES string of the molecule is CCCCc1ccc(NC(=O)CSc2nnc(NC(=O)c3c(-c4ccccc4Cl)noc3C)s2)cc1. The molecule has 2 aromatic carbocycles. The van der Waals surface area contributed by atoms with Gasteiger partial charge in [-0.1, -0.05) is 83.5 Å². The Hall–Kier alpha value is -3.21. The van der Waals surface area contributed by atoms with E-state index < -0.39 is 5.91 Å². The molecule has 0 saturated carbocycles. The molecule has 0 saturated heterocycles. The minimum Gasteiger partial charge on any atom is -0.360 e. The van der Waals surface area contributed by atoms with Gasteiger partial charge in [0.25, 0.3) is 5.91 Å². The normalized spacial score (nSPS) is 10.9. The molecule has 8 nitrogen and oxygen atoms in total. The molecule has 0 radical (unpaired) electrons. The second kappa shape index (κ2) is 12.2. The van der Waals surface area contributed by atoms with E-state index in [2.05, 4.69) is 32.9 Å². The molecular weight excluding hydrogens is 518 g/mol. The lowest BCUT2D eigenvalue weighted by Crippen LogP contribution is -2.13. The van der Waals surface area contributed by atoms with Gasteiger partial charge in [0.05, 0.1) is 10.8 Å². The summed E-state index contributed by atoms with van der Waals surface area (Å²) in [5.41, 5.74) is 3.23. The zero-order chi connectivity index (χ0) is 25.5. The number of nitrogens with one attached hydrogen (secondary N) is 2. The van der Waals surface area contributed by atoms with E-state index in [9.17, 15) is 9.59 Å². The Morgan fingerprint density at radius 1 is 1.08 bits per heavy atom. The number of hydrogen-bond acceptors (Lipinski definition) is 8. The van der Waals surface area contributed by atoms with Crippen LogP contribution in [0.15, 0.2) is 57.4 Å². The highest BCUT2D eigenvalue weighted by Gasteiger charge is 2.24. The molecule has 4 rings (SSSR count). The van der Waals surface area contributed by atoms with E-state index in [1.807, 2.05) is 24.3 Å². The molecule has 0 spiro atoms. The maximum Gasteiger partial charge on any atom is 0.263 e. The molecule has 2 amide bonds. The predicted molar refractivity (Wildman–Crippen MR) is 144 cm³/mol. The van der Waals surface area contributed by atoms with Crippen LogP contribution in [0.5, 0.6) is 0 Å². The minimum absolute atomic E-state index is 0.147. The summed E-state index contributed by atoms with van der Waals surface area (Å²) in [5, 5.41) is 18.5. The van der Waals surface area contributed by atoms with Gasteiger partial charge in [-0.2, -0.15) is 0 Å². The van der Waals surface area contributed by atoms with Crippen molar-refractivity contribution in [2.24, 2.45) is 0 Å². The third-order valence-corrected chi connectivity index (χ3v) is 7.53. The first-order chi connectivity index (χ1) is 17.4. The van der Waals surface area contributed by atoms with Crippen molar-refractivity contribution < 1.29 is 14.1 Å². The quantitative estimate of drug-likeness (QED) is 0.174. The molecule has 11 heteroatoms. The maximum absolute atomic E-state index is 13.0. The first-order valence-electron chi connectivity index (χ1n) is 11.3. The highest BCUT2D eigenvalue weighted by Crippen LogP contribution is 2.32. The molecule has 0 unspecified atom stereocenters. The lowest BCUT2D eigenvalue weighted by Gasteiger charge is -2.06. The van der Waals surface area contributed by atoms with Crippen molar-refractivity contribution in [2.45, 2.75) is 37.4 Å². The summed E-state index contributed by atoms with van der Waals surface area (Å²) in [7, 11) is 0. The fourth-order valence-electron chi connectivity index (χ4n) is 3.41. The number of nitrogens with zero attached hydrogens (tertiary/aromatic N) is 3. The summed E-state index contributed by atoms with van der Waals surface area (Å²) < 4.78 is 5.81. The van der Waals surface area contributed by atoms with Gasteiger partial charge in [-0.05, 0) is 43.5 Å². The number of carbonyl (C=O) groups is 2. The van der Waals surface area contributed by atoms with Crippen molar-refractivity contribution in [3.05, 3.63) is 70.4 Å². The molecule has 4 aromatic rings. The number of aromatic nitrogens is 3. The van der Waals surface area contributed by atoms with Crippen LogP contribution in [0.1, 0.15) is 41.4 Å². The summed E-state index contributed by atoms with van der Waals surface area (Å²) in [6.45, 7) is 3.82. The Balaban J connectivity index is 1.33. The fourth-order valence-corrected chi connectivity index (χ4v) is 5.19. The van der Waals surface area contributed by atoms with Crippen LogP contribution < -0.4 is 10.6 Å². The fraction of sp³-hybridized carbons (Fsp3) is 0.240. The smallest absolute Gasteiger partial charge is 0.263 e. The summed E-state index contributed by atoms with van der Waals surface area (Å²) in [4.78, 5) is 25.3. The van der Waals surface area contributed by atoms with Gasteiger partial charge < -0.3 is 9.84 Å². The lowest BCUT2D eigenvalue weighted by atomic mass is 10.1. The molecule has 2 aromatic heterocycles. The Kier molecular flexibility index (Phi) is 8.74. The van der Waals surface area contributed by atoms with Gasteiger partial charge in [-0.25, -0.2) is 0 Å². The van der Waals surface area contributed by atoms with E-state index in [0.717, 1.165) is 24.9 Å². The summed E-state index contributed by atoms with van der Waals surface area (Å²) in [5.74, 6) is -0.0543. The van der Waals surface area contributed by atoms with Crippen molar-refractivity contribution in [3.8, 4) is 11.3 Å². The Labute approximate surface area is 221 Å². The van der Waals surface area contributed by atoms with Crippen molar-refractivity contribution in [3.63, 3.8) is 0 Å². The topological polar surface area (TPSA) is 110 Å². The molecule has 2 heterocycles. The van der Waals surface area contributed by atoms with Gasteiger partial charge >= 0.3 is 0 Å². The number of rotatable bonds is 10. The molecule has 0 atom stereocenters. The van der Waals surface area contributed by atoms with Gasteiger partial charge in [0, 0.05) is 11.3 Å². The second-order valence-corrected chi connectivity index (χ2v) is 10.5. The number of hydrogen-bond donors (Lipinski definition) is 2. The molecule has 2 N–H and O–H groups in total. The monoisotopic (exact) mass is 541 g/mol. The average molecular weight is 542 g/mol. The Morgan fingerprint density at radius 2 is 1.86 bits per heavy atom. The first kappa shape index (κ1) is 25.9. The molecule has 0 aliphatic heterocycles.